The van der Waals surface area contributed by atoms with Gasteiger partial charge < -0.3 is 120 Å². The molecule has 8 unspecified atom stereocenters. The van der Waals surface area contributed by atoms with Crippen LogP contribution in [0.2, 0.25) is 0 Å². The van der Waals surface area contributed by atoms with Gasteiger partial charge in [0.1, 0.15) is 44.2 Å². The van der Waals surface area contributed by atoms with Crippen molar-refractivity contribution < 1.29 is 149 Å². The molecule has 43 heteroatoms. The van der Waals surface area contributed by atoms with E-state index in [1.54, 1.807) is 86.1 Å². The van der Waals surface area contributed by atoms with E-state index in [4.69, 9.17) is 131 Å². The standard InChI is InChI=1S/C27H30N2O9.C21H22N2O9.C19H25IO7.C14H20Cl3NO6.C7H7IO2.3CH4/c1-15-16(2)26(36-18(4)31)27(38-25(15)14-35-17(3)30)37-23-9-7-20(13-24(23)34-5)28-11-10-19-12-21(29(32)33)6-8-22(19)28;1-30-16-9-12(22-7-6-11-8-13(23(28)29)2-4-14(11)22)3-5-15(16)31-21-20(27)19(26)18(25)17(10-24)32-21;1-10-11(2)18(25-13(4)22)19(27-17(10)9-24-12(3)21)26-15-7-6-14(20)8-16(15)23-5;1-6-7(2)11(22-9(4)20)12(24-13(18)14(15,16)17)23-10(6)5-21-8(3)19;1-10-7-4-5(8)2-3-6(7)9;;;/h6-13,15-16,25-27H,14H2,1-5H3;2-9,17-21,24-27H,10H2,1H3;6-8,10-11,17-19H,9H2,1-5H3;6-7,10-12,18H,5H2,1-4H3;2-4,9H,1H3;3*1H4/t15-,16-,25?,26?,27-;17?,18-,19+,20?,21+;10-,11-,17?,18?,19-;6-,7-,10?,11?,12+;;;;/m0100..../s1. The molecular weight excluding hydrogens is 2050 g/mol. The van der Waals surface area contributed by atoms with E-state index in [1.807, 2.05) is 81.1 Å². The molecule has 4 saturated heterocycles. The number of nitrogens with zero attached hydrogens (tertiary/aromatic N) is 4. The number of nitrogens with one attached hydrogen (secondary N) is 1. The van der Waals surface area contributed by atoms with E-state index in [9.17, 15) is 69.4 Å². The first-order valence-corrected chi connectivity index (χ1v) is 43.9. The van der Waals surface area contributed by atoms with Crippen LogP contribution in [0.25, 0.3) is 33.2 Å². The Balaban J connectivity index is 0.000000306. The SMILES string of the molecule is C.C.C.CC(=O)OCC1O[C@H](OC(=N)C(Cl)(Cl)Cl)C(OC(C)=O)[C@@H](C)[C@@H]1C.COc1cc(-n2ccc3cc([N+](=O)[O-])ccc32)ccc1O[C@H]1OC(CO)[C@@H](O)[C@H](O)C1O.COc1cc(-n2ccc3cc([N+](=O)[O-])ccc32)ccc1O[C@H]1OC(COC(C)=O)[C@@H](C)[C@H](C)C1OC(C)=O.COc1cc(I)ccc1O.COc1cc(I)ccc1O[C@H]1OC(COC(C)=O)[C@@H](C)[C@H](C)C1OC(C)=O. The summed E-state index contributed by atoms with van der Waals surface area (Å²) in [6.07, 6.45) is -9.95. The number of fused-ring (bicyclic) bond motifs is 2. The third kappa shape index (κ3) is 30.7. The number of nitro groups is 2. The van der Waals surface area contributed by atoms with Crippen LogP contribution < -0.4 is 33.2 Å². The van der Waals surface area contributed by atoms with Crippen LogP contribution in [-0.2, 0) is 80.9 Å². The number of aliphatic hydroxyl groups excluding tert-OH is 4. The second kappa shape index (κ2) is 52.3. The van der Waals surface area contributed by atoms with Gasteiger partial charge in [0.2, 0.25) is 31.1 Å². The Hall–Kier alpha value is -10.1. The summed E-state index contributed by atoms with van der Waals surface area (Å²) in [6.45, 7) is 19.0. The number of alkyl halides is 3. The van der Waals surface area contributed by atoms with E-state index < -0.39 is 136 Å². The molecule has 4 fully saturated rings. The minimum atomic E-state index is -2.08. The van der Waals surface area contributed by atoms with Crippen molar-refractivity contribution in [2.75, 3.05) is 54.9 Å². The van der Waals surface area contributed by atoms with Gasteiger partial charge in [0, 0.05) is 137 Å². The number of phenols is 1. The van der Waals surface area contributed by atoms with Gasteiger partial charge in [-0.1, -0.05) is 98.6 Å². The molecule has 8 aromatic rings. The summed E-state index contributed by atoms with van der Waals surface area (Å²) >= 11 is 21.2. The molecule has 38 nitrogen and oxygen atoms in total. The zero-order chi connectivity index (χ0) is 96.9. The second-order valence-corrected chi connectivity index (χ2v) is 35.3. The van der Waals surface area contributed by atoms with Gasteiger partial charge in [-0.3, -0.25) is 54.4 Å². The van der Waals surface area contributed by atoms with Gasteiger partial charge >= 0.3 is 35.8 Å². The van der Waals surface area contributed by atoms with Crippen LogP contribution in [0.4, 0.5) is 11.4 Å². The monoisotopic (exact) mass is 2170 g/mol. The molecule has 0 bridgehead atoms. The molecule has 12 rings (SSSR count). The highest BCUT2D eigenvalue weighted by atomic mass is 127. The van der Waals surface area contributed by atoms with Gasteiger partial charge in [-0.2, -0.15) is 0 Å². The van der Waals surface area contributed by atoms with E-state index in [0.717, 1.165) is 29.2 Å². The number of halogens is 5. The number of phenolic OH excluding ortho intramolecular Hbond substituents is 1. The molecule has 0 spiro atoms. The third-order valence-electron chi connectivity index (χ3n) is 21.7. The number of hydrogen-bond donors (Lipinski definition) is 6. The first-order valence-electron chi connectivity index (χ1n) is 40.6. The van der Waals surface area contributed by atoms with Crippen molar-refractivity contribution in [1.82, 2.24) is 9.13 Å². The van der Waals surface area contributed by atoms with Crippen molar-refractivity contribution in [3.63, 3.8) is 0 Å². The predicted octanol–water partition coefficient (Wildman–Crippen LogP) is 15.1. The predicted molar refractivity (Wildman–Crippen MR) is 509 cm³/mol. The third-order valence-corrected chi connectivity index (χ3v) is 23.6. The van der Waals surface area contributed by atoms with Crippen LogP contribution in [0.15, 0.2) is 134 Å². The van der Waals surface area contributed by atoms with E-state index in [0.29, 0.717) is 45.6 Å². The lowest BCUT2D eigenvalue weighted by Gasteiger charge is -2.43. The molecule has 134 heavy (non-hydrogen) atoms. The van der Waals surface area contributed by atoms with Gasteiger partial charge in [-0.25, -0.2) is 0 Å². The maximum atomic E-state index is 11.9. The number of esters is 6. The summed E-state index contributed by atoms with van der Waals surface area (Å²) in [6, 6.07) is 33.7. The van der Waals surface area contributed by atoms with Gasteiger partial charge in [0.25, 0.3) is 15.2 Å². The molecule has 6 aromatic carbocycles. The summed E-state index contributed by atoms with van der Waals surface area (Å²) < 4.78 is 103. The van der Waals surface area contributed by atoms with Crippen molar-refractivity contribution >= 4 is 155 Å². The normalized spacial score (nSPS) is 24.3. The number of carbonyl (C=O) groups is 6. The van der Waals surface area contributed by atoms with Crippen LogP contribution >= 0.6 is 80.0 Å². The highest BCUT2D eigenvalue weighted by molar-refractivity contribution is 14.1. The smallest absolute Gasteiger partial charge is 0.303 e. The summed E-state index contributed by atoms with van der Waals surface area (Å²) in [7, 11) is 6.02. The average Bonchev–Trinajstić information content (AvgIpc) is 1.62. The van der Waals surface area contributed by atoms with Crippen LogP contribution in [0, 0.1) is 68.3 Å². The maximum Gasteiger partial charge on any atom is 0.303 e. The van der Waals surface area contributed by atoms with Crippen LogP contribution in [0.5, 0.6) is 46.0 Å². The quantitative estimate of drug-likeness (QED) is 0.00452. The molecular formula is C91H116Cl3I2N5O33. The number of methoxy groups -OCH3 is 4. The molecule has 0 aliphatic carbocycles. The Kier molecular flexibility index (Phi) is 44.6. The Bertz CT molecular complexity index is 5290. The highest BCUT2D eigenvalue weighted by Crippen LogP contribution is 2.43. The number of hydrogen-bond acceptors (Lipinski definition) is 34. The fourth-order valence-electron chi connectivity index (χ4n) is 14.2. The molecule has 4 aliphatic heterocycles. The van der Waals surface area contributed by atoms with Crippen molar-refractivity contribution in [3.05, 3.63) is 161 Å². The number of rotatable bonds is 25. The van der Waals surface area contributed by atoms with E-state index in [2.05, 4.69) is 45.2 Å². The summed E-state index contributed by atoms with van der Waals surface area (Å²) in [4.78, 5) is 89.6. The second-order valence-electron chi connectivity index (χ2n) is 30.6. The molecule has 20 atom stereocenters. The van der Waals surface area contributed by atoms with Crippen molar-refractivity contribution in [2.45, 2.75) is 195 Å². The van der Waals surface area contributed by atoms with Crippen LogP contribution in [0.3, 0.4) is 0 Å². The fourth-order valence-corrected chi connectivity index (χ4v) is 15.2. The van der Waals surface area contributed by atoms with Gasteiger partial charge in [-0.15, -0.1) is 0 Å². The molecule has 0 saturated carbocycles. The molecule has 6 N–H and O–H groups in total. The maximum absolute atomic E-state index is 11.9. The number of nitro benzene ring substituents is 2. The van der Waals surface area contributed by atoms with Crippen molar-refractivity contribution in [1.29, 1.82) is 5.41 Å². The molecule has 0 radical (unpaired) electrons. The molecule has 2 aromatic heterocycles. The number of ether oxygens (including phenoxy) is 18. The lowest BCUT2D eigenvalue weighted by Crippen LogP contribution is -2.60. The molecule has 0 amide bonds. The number of aromatic hydroxyl groups is 1. The summed E-state index contributed by atoms with van der Waals surface area (Å²) in [5, 5.41) is 79.7. The summed E-state index contributed by atoms with van der Waals surface area (Å²) in [5.74, 6) is -0.969. The first kappa shape index (κ1) is 114. The van der Waals surface area contributed by atoms with Crippen LogP contribution in [0.1, 0.15) is 105 Å². The topological polar surface area (TPSA) is 490 Å². The number of non-ortho nitro benzene ring substituents is 2. The Morgan fingerprint density at radius 2 is 0.761 bits per heavy atom. The van der Waals surface area contributed by atoms with E-state index in [-0.39, 0.29) is 113 Å². The minimum Gasteiger partial charge on any atom is -0.504 e. The Morgan fingerprint density at radius 3 is 1.10 bits per heavy atom. The lowest BCUT2D eigenvalue weighted by molar-refractivity contribution is -0.384. The fraction of sp³-hybridized carbons (Fsp3) is 0.484. The van der Waals surface area contributed by atoms with Crippen molar-refractivity contribution in [2.24, 2.45) is 35.5 Å². The Morgan fingerprint density at radius 1 is 0.425 bits per heavy atom. The molecule has 4 aliphatic rings. The number of carbonyl (C=O) groups excluding carboxylic acids is 6. The van der Waals surface area contributed by atoms with Crippen LogP contribution in [-0.4, -0.2) is 231 Å². The zero-order valence-corrected chi connectivity index (χ0v) is 80.5. The Labute approximate surface area is 817 Å². The molecule has 6 heterocycles. The number of aliphatic hydroxyl groups is 4. The minimum absolute atomic E-state index is 0. The van der Waals surface area contributed by atoms with Crippen molar-refractivity contribution in [3.8, 4) is 57.4 Å². The zero-order valence-electron chi connectivity index (χ0n) is 73.9. The van der Waals surface area contributed by atoms with E-state index in [1.165, 1.54) is 87.1 Å². The summed E-state index contributed by atoms with van der Waals surface area (Å²) in [5.41, 5.74) is 2.98. The highest BCUT2D eigenvalue weighted by Gasteiger charge is 2.50. The largest absolute Gasteiger partial charge is 0.504 e. The van der Waals surface area contributed by atoms with E-state index >= 15 is 0 Å². The number of aromatic nitrogens is 2. The first-order chi connectivity index (χ1) is 61.8. The molecule has 738 valence electrons. The number of benzene rings is 6. The van der Waals surface area contributed by atoms with Gasteiger partial charge in [-0.05, 0) is 148 Å². The van der Waals surface area contributed by atoms with Gasteiger partial charge in [0.15, 0.2) is 64.3 Å². The van der Waals surface area contributed by atoms with Gasteiger partial charge in [0.05, 0.1) is 74.2 Å². The average molecular weight is 2170 g/mol. The lowest BCUT2D eigenvalue weighted by atomic mass is 9.83.